The van der Waals surface area contributed by atoms with E-state index in [1.165, 1.54) is 32.7 Å². The number of hydrogen-bond donors (Lipinski definition) is 2. The van der Waals surface area contributed by atoms with Gasteiger partial charge in [-0.15, -0.1) is 21.5 Å². The average molecular weight is 475 g/mol. The Balaban J connectivity index is 1.42. The van der Waals surface area contributed by atoms with Crippen molar-refractivity contribution in [1.29, 1.82) is 5.26 Å². The summed E-state index contributed by atoms with van der Waals surface area (Å²) in [5, 5.41) is 21.6. The second-order valence-corrected chi connectivity index (χ2v) is 9.16. The monoisotopic (exact) mass is 474 g/mol. The number of fused-ring (bicyclic) bond motifs is 1. The van der Waals surface area contributed by atoms with Crippen LogP contribution in [0.1, 0.15) is 22.4 Å². The summed E-state index contributed by atoms with van der Waals surface area (Å²) in [6.45, 7) is 0. The number of benzene rings is 1. The molecule has 28 heavy (non-hydrogen) atoms. The van der Waals surface area contributed by atoms with Crippen molar-refractivity contribution in [2.24, 2.45) is 0 Å². The molecule has 2 heterocycles. The molecule has 2 aromatic heterocycles. The van der Waals surface area contributed by atoms with Gasteiger partial charge in [0.25, 0.3) is 0 Å². The number of nitrogen functional groups attached to an aromatic ring is 1. The average Bonchev–Trinajstić information content (AvgIpc) is 3.35. The molecule has 142 valence electrons. The number of nitriles is 1. The standard InChI is InChI=1S/C18H15BrN6OS2/c19-11-6-4-10(5-7-11)16-23-24-18(25(16)21)27-9-15(26)22-17-13(8-20)12-2-1-3-14(12)28-17/h4-7H,1-3,9,21H2,(H,22,26). The molecular formula is C18H15BrN6OS2. The van der Waals surface area contributed by atoms with Crippen molar-refractivity contribution in [3.63, 3.8) is 0 Å². The first-order valence-corrected chi connectivity index (χ1v) is 11.1. The van der Waals surface area contributed by atoms with Crippen molar-refractivity contribution >= 4 is 49.9 Å². The minimum absolute atomic E-state index is 0.128. The van der Waals surface area contributed by atoms with E-state index in [1.54, 1.807) is 0 Å². The molecular weight excluding hydrogens is 460 g/mol. The van der Waals surface area contributed by atoms with E-state index >= 15 is 0 Å². The maximum absolute atomic E-state index is 12.4. The van der Waals surface area contributed by atoms with E-state index < -0.39 is 0 Å². The van der Waals surface area contributed by atoms with Crippen LogP contribution in [0, 0.1) is 11.3 Å². The summed E-state index contributed by atoms with van der Waals surface area (Å²) < 4.78 is 2.34. The van der Waals surface area contributed by atoms with Gasteiger partial charge in [0.2, 0.25) is 11.1 Å². The predicted molar refractivity (Wildman–Crippen MR) is 114 cm³/mol. The van der Waals surface area contributed by atoms with E-state index in [4.69, 9.17) is 5.84 Å². The lowest BCUT2D eigenvalue weighted by Gasteiger charge is -2.05. The number of nitrogens with one attached hydrogen (secondary N) is 1. The smallest absolute Gasteiger partial charge is 0.235 e. The first-order chi connectivity index (χ1) is 13.6. The Hall–Kier alpha value is -2.35. The van der Waals surface area contributed by atoms with Gasteiger partial charge >= 0.3 is 0 Å². The highest BCUT2D eigenvalue weighted by Gasteiger charge is 2.23. The van der Waals surface area contributed by atoms with E-state index in [9.17, 15) is 10.1 Å². The van der Waals surface area contributed by atoms with Crippen LogP contribution in [0.5, 0.6) is 0 Å². The number of thiophene rings is 1. The minimum atomic E-state index is -0.199. The minimum Gasteiger partial charge on any atom is -0.335 e. The van der Waals surface area contributed by atoms with Gasteiger partial charge in [-0.3, -0.25) is 4.79 Å². The third-order valence-electron chi connectivity index (χ3n) is 4.39. The van der Waals surface area contributed by atoms with E-state index in [-0.39, 0.29) is 11.7 Å². The molecule has 0 saturated carbocycles. The fraction of sp³-hybridized carbons (Fsp3) is 0.222. The second-order valence-electron chi connectivity index (χ2n) is 6.19. The van der Waals surface area contributed by atoms with Crippen LogP contribution in [0.15, 0.2) is 33.9 Å². The number of anilines is 1. The third-order valence-corrected chi connectivity index (χ3v) is 7.06. The SMILES string of the molecule is N#Cc1c(NC(=O)CSc2nnc(-c3ccc(Br)cc3)n2N)sc2c1CCC2. The molecule has 1 aliphatic rings. The molecule has 1 amide bonds. The summed E-state index contributed by atoms with van der Waals surface area (Å²) in [6, 6.07) is 9.80. The maximum Gasteiger partial charge on any atom is 0.235 e. The van der Waals surface area contributed by atoms with E-state index in [0.29, 0.717) is 21.5 Å². The zero-order valence-electron chi connectivity index (χ0n) is 14.6. The van der Waals surface area contributed by atoms with Gasteiger partial charge in [0.1, 0.15) is 11.1 Å². The van der Waals surface area contributed by atoms with Gasteiger partial charge in [0, 0.05) is 14.9 Å². The number of aromatic nitrogens is 3. The highest BCUT2D eigenvalue weighted by atomic mass is 79.9. The van der Waals surface area contributed by atoms with Crippen LogP contribution in [0.25, 0.3) is 11.4 Å². The van der Waals surface area contributed by atoms with Crippen LogP contribution < -0.4 is 11.2 Å². The first-order valence-electron chi connectivity index (χ1n) is 8.50. The molecule has 0 atom stereocenters. The summed E-state index contributed by atoms with van der Waals surface area (Å²) in [4.78, 5) is 13.6. The summed E-state index contributed by atoms with van der Waals surface area (Å²) in [6.07, 6.45) is 2.97. The molecule has 3 N–H and O–H groups in total. The van der Waals surface area contributed by atoms with Gasteiger partial charge in [-0.25, -0.2) is 4.68 Å². The van der Waals surface area contributed by atoms with Crippen LogP contribution in [0.2, 0.25) is 0 Å². The van der Waals surface area contributed by atoms with Crippen LogP contribution in [-0.2, 0) is 17.6 Å². The molecule has 0 radical (unpaired) electrons. The number of nitrogens with two attached hydrogens (primary N) is 1. The normalized spacial score (nSPS) is 12.6. The number of nitrogens with zero attached hydrogens (tertiary/aromatic N) is 4. The number of carbonyl (C=O) groups is 1. The zero-order chi connectivity index (χ0) is 19.7. The van der Waals surface area contributed by atoms with Crippen molar-refractivity contribution in [2.45, 2.75) is 24.4 Å². The second kappa shape index (κ2) is 7.95. The van der Waals surface area contributed by atoms with Gasteiger partial charge in [0.05, 0.1) is 11.3 Å². The molecule has 1 aliphatic carbocycles. The topological polar surface area (TPSA) is 110 Å². The number of carbonyl (C=O) groups excluding carboxylic acids is 1. The summed E-state index contributed by atoms with van der Waals surface area (Å²) in [7, 11) is 0. The highest BCUT2D eigenvalue weighted by Crippen LogP contribution is 2.38. The molecule has 0 aliphatic heterocycles. The Labute approximate surface area is 178 Å². The molecule has 0 unspecified atom stereocenters. The fourth-order valence-electron chi connectivity index (χ4n) is 3.07. The van der Waals surface area contributed by atoms with Crippen molar-refractivity contribution in [3.8, 4) is 17.5 Å². The summed E-state index contributed by atoms with van der Waals surface area (Å²) in [5.41, 5.74) is 2.54. The lowest BCUT2D eigenvalue weighted by Crippen LogP contribution is -2.16. The zero-order valence-corrected chi connectivity index (χ0v) is 17.8. The largest absolute Gasteiger partial charge is 0.335 e. The number of thioether (sulfide) groups is 1. The molecule has 1 aromatic carbocycles. The molecule has 3 aromatic rings. The van der Waals surface area contributed by atoms with Gasteiger partial charge in [0.15, 0.2) is 5.82 Å². The van der Waals surface area contributed by atoms with E-state index in [2.05, 4.69) is 37.5 Å². The van der Waals surface area contributed by atoms with Gasteiger partial charge in [-0.1, -0.05) is 39.8 Å². The van der Waals surface area contributed by atoms with E-state index in [1.807, 2.05) is 24.3 Å². The Morgan fingerprint density at radius 2 is 2.14 bits per heavy atom. The van der Waals surface area contributed by atoms with Crippen LogP contribution in [0.3, 0.4) is 0 Å². The van der Waals surface area contributed by atoms with Gasteiger partial charge in [-0.2, -0.15) is 5.26 Å². The summed E-state index contributed by atoms with van der Waals surface area (Å²) in [5.74, 6) is 6.55. The Morgan fingerprint density at radius 1 is 1.36 bits per heavy atom. The predicted octanol–water partition coefficient (Wildman–Crippen LogP) is 3.57. The quantitative estimate of drug-likeness (QED) is 0.431. The van der Waals surface area contributed by atoms with E-state index in [0.717, 1.165) is 34.9 Å². The Bertz CT molecular complexity index is 1080. The third kappa shape index (κ3) is 3.65. The van der Waals surface area contributed by atoms with Crippen molar-refractivity contribution < 1.29 is 4.79 Å². The van der Waals surface area contributed by atoms with Crippen LogP contribution in [0.4, 0.5) is 5.00 Å². The van der Waals surface area contributed by atoms with Crippen LogP contribution in [-0.4, -0.2) is 26.5 Å². The summed E-state index contributed by atoms with van der Waals surface area (Å²) >= 11 is 6.10. The fourth-order valence-corrected chi connectivity index (χ4v) is 5.25. The molecule has 0 fully saturated rings. The molecule has 10 heteroatoms. The maximum atomic E-state index is 12.4. The number of hydrogen-bond acceptors (Lipinski definition) is 7. The van der Waals surface area contributed by atoms with Gasteiger partial charge in [-0.05, 0) is 37.0 Å². The number of rotatable bonds is 5. The molecule has 0 spiro atoms. The number of halogens is 1. The van der Waals surface area contributed by atoms with Crippen molar-refractivity contribution in [1.82, 2.24) is 14.9 Å². The lowest BCUT2D eigenvalue weighted by molar-refractivity contribution is -0.113. The first kappa shape index (κ1) is 19.0. The molecule has 4 rings (SSSR count). The Kier molecular flexibility index (Phi) is 5.39. The van der Waals surface area contributed by atoms with Crippen molar-refractivity contribution in [3.05, 3.63) is 44.7 Å². The van der Waals surface area contributed by atoms with Crippen molar-refractivity contribution in [2.75, 3.05) is 16.9 Å². The molecule has 0 saturated heterocycles. The van der Waals surface area contributed by atoms with Crippen LogP contribution >= 0.6 is 39.0 Å². The Morgan fingerprint density at radius 3 is 2.89 bits per heavy atom. The number of amides is 1. The number of aryl methyl sites for hydroxylation is 1. The van der Waals surface area contributed by atoms with Gasteiger partial charge < -0.3 is 11.2 Å². The molecule has 7 nitrogen and oxygen atoms in total. The highest BCUT2D eigenvalue weighted by molar-refractivity contribution is 9.10. The molecule has 0 bridgehead atoms. The lowest BCUT2D eigenvalue weighted by atomic mass is 10.1.